The van der Waals surface area contributed by atoms with Crippen LogP contribution in [0.4, 0.5) is 4.39 Å². The van der Waals surface area contributed by atoms with E-state index in [0.29, 0.717) is 44.0 Å². The first-order valence-corrected chi connectivity index (χ1v) is 9.79. The number of rotatable bonds is 5. The number of ether oxygens (including phenoxy) is 1. The molecule has 2 aliphatic rings. The number of morpholine rings is 1. The van der Waals surface area contributed by atoms with Crippen LogP contribution in [0.15, 0.2) is 54.2 Å². The minimum Gasteiger partial charge on any atom is -0.378 e. The molecule has 150 valence electrons. The zero-order chi connectivity index (χ0) is 20.4. The van der Waals surface area contributed by atoms with Crippen molar-refractivity contribution in [1.29, 1.82) is 0 Å². The van der Waals surface area contributed by atoms with Crippen LogP contribution in [0.5, 0.6) is 0 Å². The molecular weight excluding hydrogens is 371 g/mol. The highest BCUT2D eigenvalue weighted by molar-refractivity contribution is 6.35. The lowest BCUT2D eigenvalue weighted by molar-refractivity contribution is -0.137. The molecule has 29 heavy (non-hydrogen) atoms. The normalized spacial score (nSPS) is 17.4. The standard InChI is InChI=1S/C23H23FN2O3/c1-16-2-6-18(7-3-16)20-21(25-12-14-29-15-13-25)23(28)26(22(20)27)11-10-17-4-8-19(24)9-5-17/h2-9H,10-15H2,1H3. The molecule has 1 saturated heterocycles. The van der Waals surface area contributed by atoms with Crippen LogP contribution in [0, 0.1) is 12.7 Å². The Bertz CT molecular complexity index is 945. The van der Waals surface area contributed by atoms with Crippen LogP contribution in [-0.4, -0.2) is 54.5 Å². The van der Waals surface area contributed by atoms with Crippen LogP contribution in [0.1, 0.15) is 16.7 Å². The molecule has 0 N–H and O–H groups in total. The average Bonchev–Trinajstić information content (AvgIpc) is 2.99. The molecule has 2 aromatic carbocycles. The van der Waals surface area contributed by atoms with Gasteiger partial charge in [0.05, 0.1) is 18.8 Å². The molecule has 0 atom stereocenters. The highest BCUT2D eigenvalue weighted by Crippen LogP contribution is 2.32. The topological polar surface area (TPSA) is 49.9 Å². The van der Waals surface area contributed by atoms with Gasteiger partial charge in [-0.15, -0.1) is 0 Å². The van der Waals surface area contributed by atoms with Crippen LogP contribution in [0.2, 0.25) is 0 Å². The summed E-state index contributed by atoms with van der Waals surface area (Å²) in [5, 5.41) is 0. The molecule has 5 nitrogen and oxygen atoms in total. The predicted octanol–water partition coefficient (Wildman–Crippen LogP) is 2.79. The lowest BCUT2D eigenvalue weighted by Crippen LogP contribution is -2.40. The molecule has 0 aromatic heterocycles. The maximum Gasteiger partial charge on any atom is 0.277 e. The van der Waals surface area contributed by atoms with E-state index in [9.17, 15) is 14.0 Å². The summed E-state index contributed by atoms with van der Waals surface area (Å²) in [6.45, 7) is 4.46. The second-order valence-electron chi connectivity index (χ2n) is 7.33. The van der Waals surface area contributed by atoms with Gasteiger partial charge in [0, 0.05) is 19.6 Å². The van der Waals surface area contributed by atoms with Crippen molar-refractivity contribution in [2.75, 3.05) is 32.8 Å². The van der Waals surface area contributed by atoms with Gasteiger partial charge in [0.15, 0.2) is 0 Å². The van der Waals surface area contributed by atoms with E-state index in [-0.39, 0.29) is 24.2 Å². The molecule has 0 saturated carbocycles. The molecule has 0 spiro atoms. The van der Waals surface area contributed by atoms with Crippen molar-refractivity contribution in [3.63, 3.8) is 0 Å². The van der Waals surface area contributed by atoms with Gasteiger partial charge in [-0.2, -0.15) is 0 Å². The number of aryl methyl sites for hydroxylation is 1. The highest BCUT2D eigenvalue weighted by atomic mass is 19.1. The molecular formula is C23H23FN2O3. The number of hydrogen-bond acceptors (Lipinski definition) is 4. The first-order valence-electron chi connectivity index (χ1n) is 9.79. The van der Waals surface area contributed by atoms with E-state index in [1.54, 1.807) is 12.1 Å². The minimum absolute atomic E-state index is 0.256. The molecule has 0 radical (unpaired) electrons. The summed E-state index contributed by atoms with van der Waals surface area (Å²) >= 11 is 0. The second-order valence-corrected chi connectivity index (χ2v) is 7.33. The van der Waals surface area contributed by atoms with Crippen molar-refractivity contribution < 1.29 is 18.7 Å². The van der Waals surface area contributed by atoms with E-state index >= 15 is 0 Å². The minimum atomic E-state index is -0.306. The van der Waals surface area contributed by atoms with Gasteiger partial charge in [-0.3, -0.25) is 14.5 Å². The lowest BCUT2D eigenvalue weighted by Gasteiger charge is -2.29. The summed E-state index contributed by atoms with van der Waals surface area (Å²) in [5.41, 5.74) is 3.63. The van der Waals surface area contributed by atoms with Crippen molar-refractivity contribution in [2.24, 2.45) is 0 Å². The second kappa shape index (κ2) is 8.17. The fourth-order valence-electron chi connectivity index (χ4n) is 3.72. The number of carbonyl (C=O) groups is 2. The van der Waals surface area contributed by atoms with Crippen molar-refractivity contribution >= 4 is 17.4 Å². The van der Waals surface area contributed by atoms with Gasteiger partial charge in [-0.1, -0.05) is 42.0 Å². The molecule has 6 heteroatoms. The zero-order valence-electron chi connectivity index (χ0n) is 16.4. The van der Waals surface area contributed by atoms with Crippen LogP contribution in [0.3, 0.4) is 0 Å². The summed E-state index contributed by atoms with van der Waals surface area (Å²) in [6, 6.07) is 13.8. The van der Waals surface area contributed by atoms with E-state index in [1.165, 1.54) is 17.0 Å². The number of amides is 2. The molecule has 2 aromatic rings. The smallest absolute Gasteiger partial charge is 0.277 e. The number of halogens is 1. The third kappa shape index (κ3) is 3.93. The third-order valence-corrected chi connectivity index (χ3v) is 5.35. The number of benzene rings is 2. The Balaban J connectivity index is 1.63. The summed E-state index contributed by atoms with van der Waals surface area (Å²) in [7, 11) is 0. The van der Waals surface area contributed by atoms with E-state index in [0.717, 1.165) is 16.7 Å². The summed E-state index contributed by atoms with van der Waals surface area (Å²) in [6.07, 6.45) is 0.481. The largest absolute Gasteiger partial charge is 0.378 e. The van der Waals surface area contributed by atoms with Crippen LogP contribution in [0.25, 0.3) is 5.57 Å². The number of carbonyl (C=O) groups excluding carboxylic acids is 2. The Morgan fingerprint density at radius 2 is 1.59 bits per heavy atom. The zero-order valence-corrected chi connectivity index (χ0v) is 16.4. The lowest BCUT2D eigenvalue weighted by atomic mass is 10.0. The summed E-state index contributed by atoms with van der Waals surface area (Å²) in [5.74, 6) is -0.850. The van der Waals surface area contributed by atoms with Gasteiger partial charge in [0.25, 0.3) is 11.8 Å². The fourth-order valence-corrected chi connectivity index (χ4v) is 3.72. The molecule has 0 bridgehead atoms. The van der Waals surface area contributed by atoms with Gasteiger partial charge >= 0.3 is 0 Å². The molecule has 1 fully saturated rings. The Hall–Kier alpha value is -2.99. The van der Waals surface area contributed by atoms with Gasteiger partial charge in [-0.05, 0) is 36.6 Å². The fraction of sp³-hybridized carbons (Fsp3) is 0.304. The van der Waals surface area contributed by atoms with Crippen molar-refractivity contribution in [2.45, 2.75) is 13.3 Å². The van der Waals surface area contributed by atoms with E-state index in [4.69, 9.17) is 4.74 Å². The van der Waals surface area contributed by atoms with E-state index in [2.05, 4.69) is 0 Å². The van der Waals surface area contributed by atoms with Gasteiger partial charge in [0.1, 0.15) is 11.5 Å². The highest BCUT2D eigenvalue weighted by Gasteiger charge is 2.41. The van der Waals surface area contributed by atoms with Crippen LogP contribution in [-0.2, 0) is 20.7 Å². The Morgan fingerprint density at radius 1 is 0.931 bits per heavy atom. The maximum absolute atomic E-state index is 13.3. The number of hydrogen-bond donors (Lipinski definition) is 0. The van der Waals surface area contributed by atoms with Gasteiger partial charge < -0.3 is 9.64 Å². The van der Waals surface area contributed by atoms with E-state index in [1.807, 2.05) is 36.1 Å². The Labute approximate surface area is 169 Å². The predicted molar refractivity (Wildman–Crippen MR) is 107 cm³/mol. The SMILES string of the molecule is Cc1ccc(C2=C(N3CCOCC3)C(=O)N(CCc3ccc(F)cc3)C2=O)cc1. The average molecular weight is 394 g/mol. The molecule has 4 rings (SSSR count). The van der Waals surface area contributed by atoms with Crippen LogP contribution >= 0.6 is 0 Å². The van der Waals surface area contributed by atoms with Crippen molar-refractivity contribution in [3.05, 3.63) is 76.7 Å². The van der Waals surface area contributed by atoms with Gasteiger partial charge in [-0.25, -0.2) is 4.39 Å². The van der Waals surface area contributed by atoms with Crippen LogP contribution < -0.4 is 0 Å². The summed E-state index contributed by atoms with van der Waals surface area (Å²) in [4.78, 5) is 29.8. The Morgan fingerprint density at radius 3 is 2.24 bits per heavy atom. The Kier molecular flexibility index (Phi) is 5.45. The molecule has 2 heterocycles. The molecule has 0 unspecified atom stereocenters. The molecule has 2 aliphatic heterocycles. The first-order chi connectivity index (χ1) is 14.0. The first kappa shape index (κ1) is 19.3. The quantitative estimate of drug-likeness (QED) is 0.732. The number of imide groups is 1. The van der Waals surface area contributed by atoms with E-state index < -0.39 is 0 Å². The monoisotopic (exact) mass is 394 g/mol. The molecule has 2 amide bonds. The molecule has 0 aliphatic carbocycles. The van der Waals surface area contributed by atoms with Gasteiger partial charge in [0.2, 0.25) is 0 Å². The third-order valence-electron chi connectivity index (χ3n) is 5.35. The van der Waals surface area contributed by atoms with Crippen molar-refractivity contribution in [1.82, 2.24) is 9.80 Å². The number of nitrogens with zero attached hydrogens (tertiary/aromatic N) is 2. The van der Waals surface area contributed by atoms with Crippen molar-refractivity contribution in [3.8, 4) is 0 Å². The maximum atomic E-state index is 13.3. The summed E-state index contributed by atoms with van der Waals surface area (Å²) < 4.78 is 18.6.